The van der Waals surface area contributed by atoms with Crippen LogP contribution in [0.3, 0.4) is 0 Å². The lowest BCUT2D eigenvalue weighted by Gasteiger charge is -2.23. The van der Waals surface area contributed by atoms with Crippen molar-refractivity contribution in [2.45, 2.75) is 18.9 Å². The van der Waals surface area contributed by atoms with Crippen LogP contribution >= 0.6 is 0 Å². The van der Waals surface area contributed by atoms with Gasteiger partial charge in [-0.2, -0.15) is 4.98 Å². The van der Waals surface area contributed by atoms with Crippen LogP contribution in [0.4, 0.5) is 17.5 Å². The van der Waals surface area contributed by atoms with Gasteiger partial charge in [0.05, 0.1) is 0 Å². The van der Waals surface area contributed by atoms with Crippen LogP contribution in [0.15, 0.2) is 36.5 Å². The van der Waals surface area contributed by atoms with Crippen molar-refractivity contribution in [3.8, 4) is 0 Å². The lowest BCUT2D eigenvalue weighted by Crippen LogP contribution is -2.29. The SMILES string of the molecule is NC(=O)c1cnc(NC2CCOCC2)nc1Nc1ccccc1. The van der Waals surface area contributed by atoms with E-state index in [4.69, 9.17) is 10.5 Å². The van der Waals surface area contributed by atoms with Crippen LogP contribution in [0.25, 0.3) is 0 Å². The quantitative estimate of drug-likeness (QED) is 0.779. The molecular weight excluding hydrogens is 294 g/mol. The number of hydrogen-bond acceptors (Lipinski definition) is 6. The second-order valence-electron chi connectivity index (χ2n) is 5.34. The summed E-state index contributed by atoms with van der Waals surface area (Å²) >= 11 is 0. The molecule has 0 unspecified atom stereocenters. The summed E-state index contributed by atoms with van der Waals surface area (Å²) in [7, 11) is 0. The first-order chi connectivity index (χ1) is 11.2. The second-order valence-corrected chi connectivity index (χ2v) is 5.34. The van der Waals surface area contributed by atoms with Gasteiger partial charge in [-0.1, -0.05) is 18.2 Å². The van der Waals surface area contributed by atoms with Crippen LogP contribution in [0, 0.1) is 0 Å². The molecule has 1 aromatic carbocycles. The average Bonchev–Trinajstić information content (AvgIpc) is 2.57. The third-order valence-corrected chi connectivity index (χ3v) is 3.65. The molecule has 1 aromatic heterocycles. The Bertz CT molecular complexity index is 671. The van der Waals surface area contributed by atoms with E-state index >= 15 is 0 Å². The molecule has 1 aliphatic rings. The van der Waals surface area contributed by atoms with Gasteiger partial charge in [-0.3, -0.25) is 4.79 Å². The molecule has 1 saturated heterocycles. The normalized spacial score (nSPS) is 15.1. The number of hydrogen-bond donors (Lipinski definition) is 3. The summed E-state index contributed by atoms with van der Waals surface area (Å²) < 4.78 is 5.34. The number of nitrogens with two attached hydrogens (primary N) is 1. The third kappa shape index (κ3) is 3.95. The van der Waals surface area contributed by atoms with Gasteiger partial charge < -0.3 is 21.1 Å². The highest BCUT2D eigenvalue weighted by atomic mass is 16.5. The zero-order valence-electron chi connectivity index (χ0n) is 12.7. The molecule has 0 spiro atoms. The van der Waals surface area contributed by atoms with E-state index < -0.39 is 5.91 Å². The molecule has 120 valence electrons. The van der Waals surface area contributed by atoms with Gasteiger partial charge in [0.2, 0.25) is 5.95 Å². The summed E-state index contributed by atoms with van der Waals surface area (Å²) in [5.74, 6) is 0.301. The average molecular weight is 313 g/mol. The fourth-order valence-electron chi connectivity index (χ4n) is 2.41. The van der Waals surface area contributed by atoms with Crippen molar-refractivity contribution in [3.05, 3.63) is 42.1 Å². The highest BCUT2D eigenvalue weighted by Gasteiger charge is 2.17. The smallest absolute Gasteiger partial charge is 0.254 e. The van der Waals surface area contributed by atoms with Gasteiger partial charge in [0.25, 0.3) is 5.91 Å². The van der Waals surface area contributed by atoms with Crippen molar-refractivity contribution in [2.75, 3.05) is 23.8 Å². The number of carbonyl (C=O) groups is 1. The first kappa shape index (κ1) is 15.2. The van der Waals surface area contributed by atoms with Crippen LogP contribution in [-0.4, -0.2) is 35.1 Å². The molecule has 0 aliphatic carbocycles. The Morgan fingerprint density at radius 1 is 1.22 bits per heavy atom. The van der Waals surface area contributed by atoms with E-state index in [1.807, 2.05) is 30.3 Å². The van der Waals surface area contributed by atoms with Crippen molar-refractivity contribution in [1.29, 1.82) is 0 Å². The predicted molar refractivity (Wildman–Crippen MR) is 87.7 cm³/mol. The van der Waals surface area contributed by atoms with E-state index in [9.17, 15) is 4.79 Å². The fraction of sp³-hybridized carbons (Fsp3) is 0.312. The lowest BCUT2D eigenvalue weighted by molar-refractivity contribution is 0.0903. The van der Waals surface area contributed by atoms with E-state index in [-0.39, 0.29) is 11.6 Å². The number of benzene rings is 1. The number of anilines is 3. The Kier molecular flexibility index (Phi) is 4.68. The molecule has 4 N–H and O–H groups in total. The molecule has 0 radical (unpaired) electrons. The van der Waals surface area contributed by atoms with E-state index in [0.717, 1.165) is 31.7 Å². The number of carbonyl (C=O) groups excluding carboxylic acids is 1. The topological polar surface area (TPSA) is 102 Å². The molecule has 1 fully saturated rings. The standard InChI is InChI=1S/C16H19N5O2/c17-14(22)13-10-18-16(20-12-6-8-23-9-7-12)21-15(13)19-11-4-2-1-3-5-11/h1-5,10,12H,6-9H2,(H2,17,22)(H2,18,19,20,21). The van der Waals surface area contributed by atoms with Crippen molar-refractivity contribution in [1.82, 2.24) is 9.97 Å². The molecule has 0 bridgehead atoms. The van der Waals surface area contributed by atoms with Crippen LogP contribution in [0.1, 0.15) is 23.2 Å². The summed E-state index contributed by atoms with van der Waals surface area (Å²) in [6.07, 6.45) is 3.26. The van der Waals surface area contributed by atoms with E-state index in [0.29, 0.717) is 11.8 Å². The Labute approximate surface area is 134 Å². The summed E-state index contributed by atoms with van der Waals surface area (Å²) in [5.41, 5.74) is 6.49. The molecular formula is C16H19N5O2. The van der Waals surface area contributed by atoms with Crippen molar-refractivity contribution >= 4 is 23.4 Å². The fourth-order valence-corrected chi connectivity index (χ4v) is 2.41. The number of primary amides is 1. The molecule has 7 nitrogen and oxygen atoms in total. The van der Waals surface area contributed by atoms with Gasteiger partial charge in [-0.05, 0) is 25.0 Å². The Balaban J connectivity index is 1.82. The number of para-hydroxylation sites is 1. The molecule has 3 rings (SSSR count). The minimum absolute atomic E-state index is 0.256. The maximum atomic E-state index is 11.6. The van der Waals surface area contributed by atoms with Gasteiger partial charge >= 0.3 is 0 Å². The van der Waals surface area contributed by atoms with Gasteiger partial charge in [-0.25, -0.2) is 4.98 Å². The monoisotopic (exact) mass is 313 g/mol. The number of aromatic nitrogens is 2. The molecule has 2 heterocycles. The van der Waals surface area contributed by atoms with Gasteiger partial charge in [0, 0.05) is 31.1 Å². The minimum atomic E-state index is -0.568. The molecule has 1 amide bonds. The Hall–Kier alpha value is -2.67. The Morgan fingerprint density at radius 2 is 1.96 bits per heavy atom. The number of amides is 1. The first-order valence-corrected chi connectivity index (χ1v) is 7.55. The molecule has 0 saturated carbocycles. The number of ether oxygens (including phenoxy) is 1. The largest absolute Gasteiger partial charge is 0.381 e. The van der Waals surface area contributed by atoms with Crippen LogP contribution < -0.4 is 16.4 Å². The molecule has 23 heavy (non-hydrogen) atoms. The van der Waals surface area contributed by atoms with E-state index in [1.54, 1.807) is 0 Å². The van der Waals surface area contributed by atoms with Crippen LogP contribution in [-0.2, 0) is 4.74 Å². The molecule has 1 aliphatic heterocycles. The predicted octanol–water partition coefficient (Wildman–Crippen LogP) is 1.91. The second kappa shape index (κ2) is 7.06. The maximum absolute atomic E-state index is 11.6. The lowest BCUT2D eigenvalue weighted by atomic mass is 10.1. The zero-order chi connectivity index (χ0) is 16.1. The molecule has 0 atom stereocenters. The molecule has 2 aromatic rings. The zero-order valence-corrected chi connectivity index (χ0v) is 12.7. The number of nitrogens with one attached hydrogen (secondary N) is 2. The number of nitrogens with zero attached hydrogens (tertiary/aromatic N) is 2. The van der Waals surface area contributed by atoms with E-state index in [1.165, 1.54) is 6.20 Å². The summed E-state index contributed by atoms with van der Waals surface area (Å²) in [6.45, 7) is 1.46. The van der Waals surface area contributed by atoms with Gasteiger partial charge in [0.1, 0.15) is 11.4 Å². The highest BCUT2D eigenvalue weighted by molar-refractivity contribution is 5.98. The highest BCUT2D eigenvalue weighted by Crippen LogP contribution is 2.20. The maximum Gasteiger partial charge on any atom is 0.254 e. The Morgan fingerprint density at radius 3 is 2.65 bits per heavy atom. The summed E-state index contributed by atoms with van der Waals surface area (Å²) in [5, 5.41) is 6.39. The third-order valence-electron chi connectivity index (χ3n) is 3.65. The van der Waals surface area contributed by atoms with E-state index in [2.05, 4.69) is 20.6 Å². The molecule has 7 heteroatoms. The van der Waals surface area contributed by atoms with Crippen molar-refractivity contribution < 1.29 is 9.53 Å². The van der Waals surface area contributed by atoms with Gasteiger partial charge in [-0.15, -0.1) is 0 Å². The first-order valence-electron chi connectivity index (χ1n) is 7.55. The summed E-state index contributed by atoms with van der Waals surface area (Å²) in [6, 6.07) is 9.76. The van der Waals surface area contributed by atoms with Gasteiger partial charge in [0.15, 0.2) is 0 Å². The van der Waals surface area contributed by atoms with Crippen molar-refractivity contribution in [3.63, 3.8) is 0 Å². The minimum Gasteiger partial charge on any atom is -0.381 e. The van der Waals surface area contributed by atoms with Crippen LogP contribution in [0.2, 0.25) is 0 Å². The van der Waals surface area contributed by atoms with Crippen molar-refractivity contribution in [2.24, 2.45) is 5.73 Å². The summed E-state index contributed by atoms with van der Waals surface area (Å²) in [4.78, 5) is 20.2. The number of rotatable bonds is 5. The van der Waals surface area contributed by atoms with Crippen LogP contribution in [0.5, 0.6) is 0 Å².